The van der Waals surface area contributed by atoms with E-state index >= 15 is 0 Å². The molecule has 0 bridgehead atoms. The highest BCUT2D eigenvalue weighted by molar-refractivity contribution is 6.36. The van der Waals surface area contributed by atoms with E-state index in [1.165, 1.54) is 32.1 Å². The number of aromatic nitrogens is 3. The minimum Gasteiger partial charge on any atom is -0.481 e. The Morgan fingerprint density at radius 1 is 1.19 bits per heavy atom. The van der Waals surface area contributed by atoms with Crippen molar-refractivity contribution in [1.29, 1.82) is 0 Å². The number of methoxy groups -OCH3 is 1. The van der Waals surface area contributed by atoms with E-state index in [0.717, 1.165) is 34.1 Å². The Balaban J connectivity index is 1.59. The van der Waals surface area contributed by atoms with Gasteiger partial charge in [0.15, 0.2) is 0 Å². The van der Waals surface area contributed by atoms with E-state index in [1.807, 2.05) is 34.7 Å². The number of aliphatic hydroxyl groups is 1. The van der Waals surface area contributed by atoms with E-state index in [4.69, 9.17) is 21.3 Å². The lowest BCUT2D eigenvalue weighted by atomic mass is 9.73. The van der Waals surface area contributed by atoms with Gasteiger partial charge in [-0.1, -0.05) is 49.8 Å². The smallest absolute Gasteiger partial charge is 0.219 e. The number of hydrogen-bond acceptors (Lipinski definition) is 5. The summed E-state index contributed by atoms with van der Waals surface area (Å²) < 4.78 is 7.56. The SMILES string of the molecule is COc1nc2ccc(C(O)(c3cncn3C)C3CCN(C(C)=O)CC3)cc2c(Cl)c1CC1CCCCC1. The molecule has 3 aromatic rings. The van der Waals surface area contributed by atoms with Crippen molar-refractivity contribution in [2.45, 2.75) is 63.9 Å². The average molecular weight is 525 g/mol. The van der Waals surface area contributed by atoms with Crippen LogP contribution in [0.2, 0.25) is 5.02 Å². The number of hydrogen-bond donors (Lipinski definition) is 1. The summed E-state index contributed by atoms with van der Waals surface area (Å²) in [6.07, 6.45) is 11.9. The molecule has 1 aromatic carbocycles. The average Bonchev–Trinajstić information content (AvgIpc) is 3.36. The number of pyridine rings is 1. The monoisotopic (exact) mass is 524 g/mol. The second kappa shape index (κ2) is 10.6. The number of ether oxygens (including phenoxy) is 1. The Morgan fingerprint density at radius 2 is 1.92 bits per heavy atom. The van der Waals surface area contributed by atoms with E-state index in [9.17, 15) is 9.90 Å². The van der Waals surface area contributed by atoms with Gasteiger partial charge in [0.25, 0.3) is 0 Å². The first-order valence-electron chi connectivity index (χ1n) is 13.4. The van der Waals surface area contributed by atoms with Crippen LogP contribution in [0.15, 0.2) is 30.7 Å². The maximum absolute atomic E-state index is 12.5. The second-order valence-electron chi connectivity index (χ2n) is 10.8. The molecule has 7 nitrogen and oxygen atoms in total. The summed E-state index contributed by atoms with van der Waals surface area (Å²) in [5, 5.41) is 14.0. The molecule has 3 heterocycles. The number of halogens is 1. The molecule has 37 heavy (non-hydrogen) atoms. The molecule has 2 aliphatic rings. The van der Waals surface area contributed by atoms with Crippen LogP contribution in [-0.2, 0) is 23.9 Å². The molecule has 1 saturated heterocycles. The molecular formula is C29H37ClN4O3. The summed E-state index contributed by atoms with van der Waals surface area (Å²) in [6, 6.07) is 5.87. The quantitative estimate of drug-likeness (QED) is 0.476. The first-order chi connectivity index (χ1) is 17.8. The Hall–Kier alpha value is -2.64. The maximum Gasteiger partial charge on any atom is 0.219 e. The summed E-state index contributed by atoms with van der Waals surface area (Å²) >= 11 is 7.10. The van der Waals surface area contributed by atoms with Gasteiger partial charge < -0.3 is 19.3 Å². The summed E-state index contributed by atoms with van der Waals surface area (Å²) in [5.41, 5.74) is 1.92. The van der Waals surface area contributed by atoms with Gasteiger partial charge >= 0.3 is 0 Å². The molecule has 198 valence electrons. The van der Waals surface area contributed by atoms with Gasteiger partial charge in [0.1, 0.15) is 5.60 Å². The third-order valence-corrected chi connectivity index (χ3v) is 9.00. The number of piperidine rings is 1. The van der Waals surface area contributed by atoms with E-state index in [0.29, 0.717) is 42.8 Å². The summed E-state index contributed by atoms with van der Waals surface area (Å²) in [5.74, 6) is 1.17. The van der Waals surface area contributed by atoms with Gasteiger partial charge in [0, 0.05) is 43.9 Å². The van der Waals surface area contributed by atoms with Gasteiger partial charge in [-0.25, -0.2) is 9.97 Å². The number of likely N-dealkylation sites (tertiary alicyclic amines) is 1. The standard InChI is InChI=1S/C29H37ClN4O3/c1-19(35)34-13-11-21(12-14-34)29(36,26-17-31-18-33(26)2)22-9-10-25-23(16-22)27(30)24(28(32-25)37-3)15-20-7-5-4-6-8-20/h9-10,16-18,20-21,36H,4-8,11-15H2,1-3H3. The van der Waals surface area contributed by atoms with Crippen LogP contribution in [0.4, 0.5) is 0 Å². The highest BCUT2D eigenvalue weighted by atomic mass is 35.5. The van der Waals surface area contributed by atoms with Gasteiger partial charge in [0.2, 0.25) is 11.8 Å². The summed E-state index contributed by atoms with van der Waals surface area (Å²) in [4.78, 5) is 22.9. The molecule has 0 radical (unpaired) electrons. The van der Waals surface area contributed by atoms with Crippen molar-refractivity contribution in [2.75, 3.05) is 20.2 Å². The minimum atomic E-state index is -1.28. The van der Waals surface area contributed by atoms with Crippen molar-refractivity contribution < 1.29 is 14.6 Å². The Kier molecular flexibility index (Phi) is 7.46. The molecule has 1 saturated carbocycles. The Labute approximate surface area is 223 Å². The highest BCUT2D eigenvalue weighted by Crippen LogP contribution is 2.44. The third-order valence-electron chi connectivity index (χ3n) is 8.57. The number of imidazole rings is 1. The fourth-order valence-electron chi connectivity index (χ4n) is 6.43. The number of fused-ring (bicyclic) bond motifs is 1. The Bertz CT molecular complexity index is 1280. The molecule has 1 aliphatic heterocycles. The number of amides is 1. The number of benzene rings is 1. The van der Waals surface area contributed by atoms with Crippen molar-refractivity contribution in [3.05, 3.63) is 52.6 Å². The second-order valence-corrected chi connectivity index (χ2v) is 11.2. The van der Waals surface area contributed by atoms with Crippen molar-refractivity contribution in [1.82, 2.24) is 19.4 Å². The lowest BCUT2D eigenvalue weighted by Crippen LogP contribution is -2.46. The molecular weight excluding hydrogens is 488 g/mol. The van der Waals surface area contributed by atoms with Crippen LogP contribution < -0.4 is 4.74 Å². The van der Waals surface area contributed by atoms with Crippen LogP contribution in [0.1, 0.15) is 68.7 Å². The topological polar surface area (TPSA) is 80.5 Å². The van der Waals surface area contributed by atoms with Crippen molar-refractivity contribution >= 4 is 28.4 Å². The van der Waals surface area contributed by atoms with Crippen LogP contribution in [-0.4, -0.2) is 50.6 Å². The van der Waals surface area contributed by atoms with Crippen molar-refractivity contribution in [2.24, 2.45) is 18.9 Å². The molecule has 1 atom stereocenters. The van der Waals surface area contributed by atoms with Crippen LogP contribution in [0.5, 0.6) is 5.88 Å². The summed E-state index contributed by atoms with van der Waals surface area (Å²) in [6.45, 7) is 2.85. The molecule has 2 aromatic heterocycles. The molecule has 1 N–H and O–H groups in total. The molecule has 0 spiro atoms. The molecule has 1 amide bonds. The summed E-state index contributed by atoms with van der Waals surface area (Å²) in [7, 11) is 3.55. The highest BCUT2D eigenvalue weighted by Gasteiger charge is 2.44. The van der Waals surface area contributed by atoms with Crippen molar-refractivity contribution in [3.8, 4) is 5.88 Å². The zero-order valence-corrected chi connectivity index (χ0v) is 22.8. The van der Waals surface area contributed by atoms with Gasteiger partial charge in [-0.3, -0.25) is 4.79 Å². The van der Waals surface area contributed by atoms with Gasteiger partial charge in [-0.05, 0) is 42.9 Å². The molecule has 5 rings (SSSR count). The lowest BCUT2D eigenvalue weighted by Gasteiger charge is -2.42. The van der Waals surface area contributed by atoms with Crippen LogP contribution >= 0.6 is 11.6 Å². The van der Waals surface area contributed by atoms with E-state index in [2.05, 4.69) is 4.98 Å². The fraction of sp³-hybridized carbons (Fsp3) is 0.552. The number of carbonyl (C=O) groups excluding carboxylic acids is 1. The molecule has 8 heteroatoms. The fourth-order valence-corrected chi connectivity index (χ4v) is 6.74. The normalized spacial score (nSPS) is 19.2. The van der Waals surface area contributed by atoms with Crippen LogP contribution in [0.25, 0.3) is 10.9 Å². The predicted molar refractivity (Wildman–Crippen MR) is 145 cm³/mol. The van der Waals surface area contributed by atoms with E-state index in [-0.39, 0.29) is 11.8 Å². The van der Waals surface area contributed by atoms with E-state index in [1.54, 1.807) is 26.6 Å². The van der Waals surface area contributed by atoms with Gasteiger partial charge in [0.05, 0.1) is 35.9 Å². The minimum absolute atomic E-state index is 0.0746. The number of carbonyl (C=O) groups is 1. The van der Waals surface area contributed by atoms with Crippen LogP contribution in [0, 0.1) is 11.8 Å². The first-order valence-corrected chi connectivity index (χ1v) is 13.8. The molecule has 1 unspecified atom stereocenters. The zero-order chi connectivity index (χ0) is 26.2. The predicted octanol–water partition coefficient (Wildman–Crippen LogP) is 5.25. The molecule has 1 aliphatic carbocycles. The lowest BCUT2D eigenvalue weighted by molar-refractivity contribution is -0.131. The molecule has 2 fully saturated rings. The number of rotatable bonds is 6. The zero-order valence-electron chi connectivity index (χ0n) is 22.0. The third kappa shape index (κ3) is 4.84. The number of nitrogens with zero attached hydrogens (tertiary/aromatic N) is 4. The van der Waals surface area contributed by atoms with Gasteiger partial charge in [-0.2, -0.15) is 0 Å². The number of aryl methyl sites for hydroxylation is 1. The van der Waals surface area contributed by atoms with Crippen molar-refractivity contribution in [3.63, 3.8) is 0 Å². The van der Waals surface area contributed by atoms with E-state index < -0.39 is 5.60 Å². The maximum atomic E-state index is 12.5. The Morgan fingerprint density at radius 3 is 2.54 bits per heavy atom. The van der Waals surface area contributed by atoms with Gasteiger partial charge in [-0.15, -0.1) is 0 Å². The first kappa shape index (κ1) is 26.0. The largest absolute Gasteiger partial charge is 0.481 e. The van der Waals surface area contributed by atoms with Crippen LogP contribution in [0.3, 0.4) is 0 Å².